The molecule has 11 heteroatoms. The molecule has 1 amide bonds. The number of ether oxygens (including phenoxy) is 1. The van der Waals surface area contributed by atoms with E-state index in [9.17, 15) is 22.0 Å². The zero-order chi connectivity index (χ0) is 26.6. The summed E-state index contributed by atoms with van der Waals surface area (Å²) in [5, 5.41) is 6.65. The number of carbonyl (C=O) groups is 1. The van der Waals surface area contributed by atoms with Gasteiger partial charge in [0.05, 0.1) is 6.61 Å². The molecule has 2 heterocycles. The van der Waals surface area contributed by atoms with Gasteiger partial charge in [0.15, 0.2) is 10.7 Å². The zero-order valence-electron chi connectivity index (χ0n) is 20.4. The Morgan fingerprint density at radius 2 is 1.86 bits per heavy atom. The van der Waals surface area contributed by atoms with E-state index < -0.39 is 21.7 Å². The van der Waals surface area contributed by atoms with Gasteiger partial charge in [0.25, 0.3) is 0 Å². The number of carbonyl (C=O) groups excluding carboxylic acids is 1. The summed E-state index contributed by atoms with van der Waals surface area (Å²) < 4.78 is 65.9. The monoisotopic (exact) mass is 531 g/mol. The number of halogens is 2. The third-order valence-electron chi connectivity index (χ3n) is 6.07. The smallest absolute Gasteiger partial charge is 0.248 e. The first-order valence-corrected chi connectivity index (χ1v) is 13.3. The zero-order valence-corrected chi connectivity index (χ0v) is 21.2. The third kappa shape index (κ3) is 6.05. The average molecular weight is 532 g/mol. The second-order valence-corrected chi connectivity index (χ2v) is 10.5. The van der Waals surface area contributed by atoms with Gasteiger partial charge in [-0.25, -0.2) is 17.2 Å². The van der Waals surface area contributed by atoms with Gasteiger partial charge in [-0.1, -0.05) is 5.16 Å². The topological polar surface area (TPSA) is 102 Å². The Morgan fingerprint density at radius 3 is 2.51 bits per heavy atom. The number of aromatic nitrogens is 1. The van der Waals surface area contributed by atoms with E-state index in [0.717, 1.165) is 12.1 Å². The van der Waals surface area contributed by atoms with Crippen molar-refractivity contribution in [2.24, 2.45) is 5.92 Å². The Kier molecular flexibility index (Phi) is 8.03. The predicted molar refractivity (Wildman–Crippen MR) is 134 cm³/mol. The highest BCUT2D eigenvalue weighted by Crippen LogP contribution is 2.30. The lowest BCUT2D eigenvalue weighted by molar-refractivity contribution is -0.120. The Bertz CT molecular complexity index is 1400. The largest absolute Gasteiger partial charge is 0.494 e. The van der Waals surface area contributed by atoms with Crippen molar-refractivity contribution >= 4 is 33.8 Å². The van der Waals surface area contributed by atoms with E-state index in [1.807, 2.05) is 6.92 Å². The SMILES string of the molecule is CCOc1ccc(NC(=O)C2CCN(S(=O)(=O)c3c(C)noc3C=Cc3ccc(F)cc3F)CC2)cc1. The maximum Gasteiger partial charge on any atom is 0.248 e. The molecule has 1 saturated heterocycles. The standard InChI is InChI=1S/C26H27F2N3O5S/c1-3-35-22-9-7-21(8-10-22)29-26(32)19-12-14-31(15-13-19)37(33,34)25-17(2)30-36-24(25)11-5-18-4-6-20(27)16-23(18)28/h4-11,16,19H,3,12-15H2,1-2H3,(H,29,32). The molecular weight excluding hydrogens is 504 g/mol. The van der Waals surface area contributed by atoms with Crippen LogP contribution in [0.1, 0.15) is 36.8 Å². The van der Waals surface area contributed by atoms with Crippen molar-refractivity contribution in [3.63, 3.8) is 0 Å². The van der Waals surface area contributed by atoms with E-state index in [1.54, 1.807) is 24.3 Å². The van der Waals surface area contributed by atoms with Crippen molar-refractivity contribution in [3.8, 4) is 5.75 Å². The third-order valence-corrected chi connectivity index (χ3v) is 8.12. The van der Waals surface area contributed by atoms with Gasteiger partial charge in [-0.3, -0.25) is 4.79 Å². The van der Waals surface area contributed by atoms with Crippen LogP contribution < -0.4 is 10.1 Å². The summed E-state index contributed by atoms with van der Waals surface area (Å²) in [6.07, 6.45) is 3.28. The molecule has 0 aliphatic carbocycles. The van der Waals surface area contributed by atoms with Crippen molar-refractivity contribution in [2.45, 2.75) is 31.6 Å². The molecule has 8 nitrogen and oxygen atoms in total. The summed E-state index contributed by atoms with van der Waals surface area (Å²) in [5.41, 5.74) is 0.866. The van der Waals surface area contributed by atoms with Crippen LogP contribution in [-0.4, -0.2) is 43.5 Å². The van der Waals surface area contributed by atoms with Crippen LogP contribution in [0.4, 0.5) is 14.5 Å². The van der Waals surface area contributed by atoms with Crippen LogP contribution in [0, 0.1) is 24.5 Å². The van der Waals surface area contributed by atoms with E-state index in [0.29, 0.717) is 30.9 Å². The fraction of sp³-hybridized carbons (Fsp3) is 0.308. The van der Waals surface area contributed by atoms with Crippen molar-refractivity contribution in [2.75, 3.05) is 25.0 Å². The lowest BCUT2D eigenvalue weighted by Crippen LogP contribution is -2.41. The van der Waals surface area contributed by atoms with Crippen LogP contribution in [0.15, 0.2) is 51.9 Å². The molecule has 3 aromatic rings. The van der Waals surface area contributed by atoms with Crippen LogP contribution in [0.2, 0.25) is 0 Å². The Balaban J connectivity index is 1.42. The summed E-state index contributed by atoms with van der Waals surface area (Å²) in [4.78, 5) is 12.6. The molecule has 1 fully saturated rings. The number of sulfonamides is 1. The average Bonchev–Trinajstić information content (AvgIpc) is 3.26. The first kappa shape index (κ1) is 26.5. The Morgan fingerprint density at radius 1 is 1.16 bits per heavy atom. The molecule has 1 aromatic heterocycles. The fourth-order valence-electron chi connectivity index (χ4n) is 4.13. The van der Waals surface area contributed by atoms with Crippen LogP contribution in [0.5, 0.6) is 5.75 Å². The van der Waals surface area contributed by atoms with Gasteiger partial charge in [0.2, 0.25) is 15.9 Å². The molecule has 0 spiro atoms. The Labute approximate surface area is 214 Å². The molecule has 37 heavy (non-hydrogen) atoms. The number of amides is 1. The molecule has 1 aliphatic heterocycles. The van der Waals surface area contributed by atoms with Gasteiger partial charge >= 0.3 is 0 Å². The highest BCUT2D eigenvalue weighted by molar-refractivity contribution is 7.89. The van der Waals surface area contributed by atoms with Gasteiger partial charge in [0.1, 0.15) is 23.1 Å². The number of hydrogen-bond donors (Lipinski definition) is 1. The molecule has 0 radical (unpaired) electrons. The van der Waals surface area contributed by atoms with Gasteiger partial charge in [-0.2, -0.15) is 4.31 Å². The number of piperidine rings is 1. The van der Waals surface area contributed by atoms with Gasteiger partial charge in [-0.05, 0) is 75.2 Å². The molecule has 4 rings (SSSR count). The number of hydrogen-bond acceptors (Lipinski definition) is 6. The highest BCUT2D eigenvalue weighted by Gasteiger charge is 2.36. The molecule has 0 saturated carbocycles. The molecule has 1 N–H and O–H groups in total. The second kappa shape index (κ2) is 11.2. The van der Waals surface area contributed by atoms with Crippen molar-refractivity contribution < 1.29 is 31.3 Å². The van der Waals surface area contributed by atoms with Gasteiger partial charge in [-0.15, -0.1) is 0 Å². The molecule has 2 aromatic carbocycles. The molecular formula is C26H27F2N3O5S. The van der Waals surface area contributed by atoms with E-state index in [1.165, 1.54) is 29.4 Å². The number of aryl methyl sites for hydroxylation is 1. The van der Waals surface area contributed by atoms with E-state index in [4.69, 9.17) is 9.26 Å². The van der Waals surface area contributed by atoms with E-state index in [-0.39, 0.29) is 46.8 Å². The van der Waals surface area contributed by atoms with Crippen LogP contribution in [0.25, 0.3) is 12.2 Å². The summed E-state index contributed by atoms with van der Waals surface area (Å²) in [7, 11) is -3.99. The number of nitrogens with one attached hydrogen (secondary N) is 1. The first-order chi connectivity index (χ1) is 17.7. The van der Waals surface area contributed by atoms with Crippen LogP contribution in [0.3, 0.4) is 0 Å². The minimum absolute atomic E-state index is 0.0587. The normalized spacial score (nSPS) is 15.2. The summed E-state index contributed by atoms with van der Waals surface area (Å²) in [6, 6.07) is 10.1. The summed E-state index contributed by atoms with van der Waals surface area (Å²) >= 11 is 0. The highest BCUT2D eigenvalue weighted by atomic mass is 32.2. The number of nitrogens with zero attached hydrogens (tertiary/aromatic N) is 2. The lowest BCUT2D eigenvalue weighted by Gasteiger charge is -2.30. The van der Waals surface area contributed by atoms with Crippen molar-refractivity contribution in [1.82, 2.24) is 9.46 Å². The van der Waals surface area contributed by atoms with Crippen LogP contribution >= 0.6 is 0 Å². The first-order valence-electron chi connectivity index (χ1n) is 11.8. The van der Waals surface area contributed by atoms with Gasteiger partial charge < -0.3 is 14.6 Å². The predicted octanol–water partition coefficient (Wildman–Crippen LogP) is 4.87. The summed E-state index contributed by atoms with van der Waals surface area (Å²) in [6.45, 7) is 4.22. The maximum atomic E-state index is 14.0. The van der Waals surface area contributed by atoms with E-state index >= 15 is 0 Å². The molecule has 0 unspecified atom stereocenters. The van der Waals surface area contributed by atoms with Crippen molar-refractivity contribution in [1.29, 1.82) is 0 Å². The lowest BCUT2D eigenvalue weighted by atomic mass is 9.97. The van der Waals surface area contributed by atoms with Gasteiger partial charge in [0, 0.05) is 36.3 Å². The van der Waals surface area contributed by atoms with Crippen LogP contribution in [-0.2, 0) is 14.8 Å². The summed E-state index contributed by atoms with van der Waals surface area (Å²) in [5.74, 6) is -1.38. The fourth-order valence-corrected chi connectivity index (χ4v) is 5.85. The second-order valence-electron chi connectivity index (χ2n) is 8.59. The number of benzene rings is 2. The Hall–Kier alpha value is -3.57. The molecule has 0 atom stereocenters. The molecule has 196 valence electrons. The molecule has 0 bridgehead atoms. The quantitative estimate of drug-likeness (QED) is 0.445. The van der Waals surface area contributed by atoms with E-state index in [2.05, 4.69) is 10.5 Å². The van der Waals surface area contributed by atoms with Crippen molar-refractivity contribution in [3.05, 3.63) is 71.1 Å². The number of rotatable bonds is 8. The number of anilines is 1. The maximum absolute atomic E-state index is 14.0. The minimum atomic E-state index is -3.99. The molecule has 1 aliphatic rings. The minimum Gasteiger partial charge on any atom is -0.494 e.